The average molecular weight is 429 g/mol. The van der Waals surface area contributed by atoms with Gasteiger partial charge in [-0.1, -0.05) is 127 Å². The first-order valence-corrected chi connectivity index (χ1v) is 11.0. The molecule has 0 saturated carbocycles. The maximum atomic E-state index is 13.4. The Bertz CT molecular complexity index is 1260. The predicted octanol–water partition coefficient (Wildman–Crippen LogP) is 6.07. The first-order valence-electron chi connectivity index (χ1n) is 11.0. The molecule has 5 rings (SSSR count). The van der Waals surface area contributed by atoms with Crippen LogP contribution in [0.4, 0.5) is 0 Å². The molecule has 0 aromatic heterocycles. The van der Waals surface area contributed by atoms with Gasteiger partial charge in [0.15, 0.2) is 0 Å². The van der Waals surface area contributed by atoms with E-state index in [0.29, 0.717) is 5.56 Å². The Hall–Kier alpha value is -4.21. The number of amides is 1. The minimum atomic E-state index is -0.774. The fraction of sp³-hybridized carbons (Fsp3) is 0.0333. The van der Waals surface area contributed by atoms with E-state index in [-0.39, 0.29) is 5.91 Å². The van der Waals surface area contributed by atoms with E-state index in [1.54, 1.807) is 0 Å². The highest BCUT2D eigenvalue weighted by molar-refractivity contribution is 6.06. The van der Waals surface area contributed by atoms with Gasteiger partial charge in [0.1, 0.15) is 5.54 Å². The maximum Gasteiger partial charge on any atom is 0.266 e. The number of rotatable bonds is 6. The van der Waals surface area contributed by atoms with E-state index in [1.165, 1.54) is 0 Å². The molecule has 0 aliphatic heterocycles. The Kier molecular flexibility index (Phi) is 5.71. The number of carbonyl (C=O) groups excluding carboxylic acids is 1. The van der Waals surface area contributed by atoms with Crippen LogP contribution in [0.1, 0.15) is 27.0 Å². The van der Waals surface area contributed by atoms with Gasteiger partial charge in [-0.3, -0.25) is 10.2 Å². The lowest BCUT2D eigenvalue weighted by Crippen LogP contribution is -2.53. The summed E-state index contributed by atoms with van der Waals surface area (Å²) >= 11 is 0. The molecular formula is C30H24N2O. The van der Waals surface area contributed by atoms with Crippen LogP contribution in [-0.2, 0) is 5.54 Å². The van der Waals surface area contributed by atoms with E-state index in [9.17, 15) is 4.79 Å². The molecule has 0 atom stereocenters. The van der Waals surface area contributed by atoms with Gasteiger partial charge in [-0.05, 0) is 33.5 Å². The van der Waals surface area contributed by atoms with E-state index in [2.05, 4.69) is 47.2 Å². The molecule has 0 spiro atoms. The zero-order valence-corrected chi connectivity index (χ0v) is 18.1. The van der Waals surface area contributed by atoms with Crippen LogP contribution in [0.25, 0.3) is 10.8 Å². The van der Waals surface area contributed by atoms with Gasteiger partial charge in [-0.2, -0.15) is 0 Å². The SMILES string of the molecule is O=C(NNC(c1ccccc1)(c1ccccc1)c1ccccc1)c1cccc2ccccc12. The van der Waals surface area contributed by atoms with Crippen molar-refractivity contribution in [2.24, 2.45) is 0 Å². The number of hydrogen-bond acceptors (Lipinski definition) is 2. The van der Waals surface area contributed by atoms with Crippen molar-refractivity contribution < 1.29 is 4.79 Å². The highest BCUT2D eigenvalue weighted by Crippen LogP contribution is 2.36. The molecule has 5 aromatic carbocycles. The molecule has 0 saturated heterocycles. The van der Waals surface area contributed by atoms with Crippen LogP contribution in [0.15, 0.2) is 133 Å². The smallest absolute Gasteiger partial charge is 0.266 e. The fourth-order valence-corrected chi connectivity index (χ4v) is 4.42. The number of benzene rings is 5. The Morgan fingerprint density at radius 3 is 1.52 bits per heavy atom. The van der Waals surface area contributed by atoms with Crippen LogP contribution in [0.5, 0.6) is 0 Å². The van der Waals surface area contributed by atoms with Gasteiger partial charge in [0.2, 0.25) is 0 Å². The lowest BCUT2D eigenvalue weighted by molar-refractivity contribution is 0.0920. The molecule has 0 radical (unpaired) electrons. The van der Waals surface area contributed by atoms with Gasteiger partial charge < -0.3 is 0 Å². The first kappa shape index (κ1) is 20.7. The summed E-state index contributed by atoms with van der Waals surface area (Å²) < 4.78 is 0. The van der Waals surface area contributed by atoms with Gasteiger partial charge in [0.05, 0.1) is 0 Å². The molecule has 160 valence electrons. The standard InChI is InChI=1S/C30H24N2O/c33-29(28-22-12-14-23-13-10-11-21-27(23)28)31-32-30(24-15-4-1-5-16-24,25-17-6-2-7-18-25)26-19-8-3-9-20-26/h1-22,32H,(H,31,33). The largest absolute Gasteiger partial charge is 0.286 e. The maximum absolute atomic E-state index is 13.4. The highest BCUT2D eigenvalue weighted by atomic mass is 16.2. The van der Waals surface area contributed by atoms with Crippen molar-refractivity contribution in [3.05, 3.63) is 156 Å². The molecule has 0 fully saturated rings. The van der Waals surface area contributed by atoms with Gasteiger partial charge in [-0.25, -0.2) is 5.43 Å². The molecule has 0 unspecified atom stereocenters. The van der Waals surface area contributed by atoms with Crippen LogP contribution >= 0.6 is 0 Å². The van der Waals surface area contributed by atoms with Crippen molar-refractivity contribution in [1.82, 2.24) is 10.9 Å². The molecular weight excluding hydrogens is 404 g/mol. The van der Waals surface area contributed by atoms with Gasteiger partial charge >= 0.3 is 0 Å². The van der Waals surface area contributed by atoms with E-state index in [1.807, 2.05) is 97.1 Å². The van der Waals surface area contributed by atoms with Crippen molar-refractivity contribution in [2.75, 3.05) is 0 Å². The number of fused-ring (bicyclic) bond motifs is 1. The van der Waals surface area contributed by atoms with E-state index < -0.39 is 5.54 Å². The molecule has 5 aromatic rings. The minimum absolute atomic E-state index is 0.182. The zero-order valence-electron chi connectivity index (χ0n) is 18.1. The lowest BCUT2D eigenvalue weighted by Gasteiger charge is -2.37. The minimum Gasteiger partial charge on any atom is -0.286 e. The molecule has 0 aliphatic carbocycles. The molecule has 33 heavy (non-hydrogen) atoms. The van der Waals surface area contributed by atoms with E-state index in [4.69, 9.17) is 0 Å². The normalized spacial score (nSPS) is 11.3. The summed E-state index contributed by atoms with van der Waals surface area (Å²) in [6.45, 7) is 0. The topological polar surface area (TPSA) is 41.1 Å². The summed E-state index contributed by atoms with van der Waals surface area (Å²) in [4.78, 5) is 13.4. The Balaban J connectivity index is 1.61. The fourth-order valence-electron chi connectivity index (χ4n) is 4.42. The van der Waals surface area contributed by atoms with Crippen LogP contribution in [0.3, 0.4) is 0 Å². The third-order valence-corrected chi connectivity index (χ3v) is 6.02. The van der Waals surface area contributed by atoms with Gasteiger partial charge in [0.25, 0.3) is 5.91 Å². The third-order valence-electron chi connectivity index (χ3n) is 6.02. The highest BCUT2D eigenvalue weighted by Gasteiger charge is 2.36. The number of hydrogen-bond donors (Lipinski definition) is 2. The van der Waals surface area contributed by atoms with Crippen LogP contribution in [0.2, 0.25) is 0 Å². The zero-order chi connectivity index (χ0) is 22.5. The quantitative estimate of drug-likeness (QED) is 0.255. The van der Waals surface area contributed by atoms with Crippen molar-refractivity contribution in [3.8, 4) is 0 Å². The first-order chi connectivity index (χ1) is 16.3. The molecule has 0 heterocycles. The predicted molar refractivity (Wildman–Crippen MR) is 134 cm³/mol. The van der Waals surface area contributed by atoms with Crippen molar-refractivity contribution in [1.29, 1.82) is 0 Å². The summed E-state index contributed by atoms with van der Waals surface area (Å²) in [5.74, 6) is -0.182. The summed E-state index contributed by atoms with van der Waals surface area (Å²) in [6, 6.07) is 44.3. The summed E-state index contributed by atoms with van der Waals surface area (Å²) in [7, 11) is 0. The molecule has 1 amide bonds. The van der Waals surface area contributed by atoms with Gasteiger partial charge in [0, 0.05) is 5.56 Å². The Morgan fingerprint density at radius 1 is 0.515 bits per heavy atom. The lowest BCUT2D eigenvalue weighted by atomic mass is 9.77. The van der Waals surface area contributed by atoms with E-state index in [0.717, 1.165) is 27.5 Å². The van der Waals surface area contributed by atoms with Gasteiger partial charge in [-0.15, -0.1) is 0 Å². The summed E-state index contributed by atoms with van der Waals surface area (Å²) in [5.41, 5.74) is 9.42. The summed E-state index contributed by atoms with van der Waals surface area (Å²) in [6.07, 6.45) is 0. The molecule has 2 N–H and O–H groups in total. The number of hydrazine groups is 1. The monoisotopic (exact) mass is 428 g/mol. The molecule has 3 heteroatoms. The Labute approximate surface area is 193 Å². The second kappa shape index (κ2) is 9.11. The molecule has 0 bridgehead atoms. The number of nitrogens with one attached hydrogen (secondary N) is 2. The third kappa shape index (κ3) is 3.91. The van der Waals surface area contributed by atoms with Crippen molar-refractivity contribution >= 4 is 16.7 Å². The van der Waals surface area contributed by atoms with Crippen LogP contribution in [0, 0.1) is 0 Å². The summed E-state index contributed by atoms with van der Waals surface area (Å²) in [5, 5.41) is 1.95. The van der Waals surface area contributed by atoms with Crippen LogP contribution < -0.4 is 10.9 Å². The van der Waals surface area contributed by atoms with Crippen molar-refractivity contribution in [3.63, 3.8) is 0 Å². The molecule has 3 nitrogen and oxygen atoms in total. The number of carbonyl (C=O) groups is 1. The average Bonchev–Trinajstić information content (AvgIpc) is 2.90. The van der Waals surface area contributed by atoms with Crippen molar-refractivity contribution in [2.45, 2.75) is 5.54 Å². The second-order valence-corrected chi connectivity index (χ2v) is 7.95. The Morgan fingerprint density at radius 2 is 0.970 bits per heavy atom. The van der Waals surface area contributed by atoms with E-state index >= 15 is 0 Å². The van der Waals surface area contributed by atoms with Crippen LogP contribution in [-0.4, -0.2) is 5.91 Å². The molecule has 0 aliphatic rings. The second-order valence-electron chi connectivity index (χ2n) is 7.95.